The zero-order valence-corrected chi connectivity index (χ0v) is 11.9. The number of nitrogens with one attached hydrogen (secondary N) is 1. The minimum Gasteiger partial charge on any atom is -0.477 e. The Bertz CT molecular complexity index is 619. The molecule has 2 rings (SSSR count). The second kappa shape index (κ2) is 6.34. The highest BCUT2D eigenvalue weighted by Crippen LogP contribution is 2.26. The molecular weight excluding hydrogens is 274 g/mol. The molecule has 0 unspecified atom stereocenters. The molecule has 1 aromatic heterocycles. The van der Waals surface area contributed by atoms with E-state index in [1.165, 1.54) is 0 Å². The van der Waals surface area contributed by atoms with Gasteiger partial charge in [0.1, 0.15) is 4.88 Å². The molecule has 0 atom stereocenters. The van der Waals surface area contributed by atoms with Crippen LogP contribution in [0.15, 0.2) is 36.4 Å². The molecule has 104 valence electrons. The molecule has 2 aromatic rings. The van der Waals surface area contributed by atoms with Crippen molar-refractivity contribution in [1.29, 1.82) is 0 Å². The molecule has 0 aliphatic heterocycles. The van der Waals surface area contributed by atoms with E-state index >= 15 is 0 Å². The van der Waals surface area contributed by atoms with Crippen LogP contribution in [0.3, 0.4) is 0 Å². The minimum absolute atomic E-state index is 0.105. The van der Waals surface area contributed by atoms with Gasteiger partial charge >= 0.3 is 5.97 Å². The zero-order chi connectivity index (χ0) is 14.5. The van der Waals surface area contributed by atoms with E-state index in [1.54, 1.807) is 13.0 Å². The van der Waals surface area contributed by atoms with Crippen LogP contribution in [-0.4, -0.2) is 17.0 Å². The summed E-state index contributed by atoms with van der Waals surface area (Å²) in [6, 6.07) is 11.5. The number of hydrogen-bond acceptors (Lipinski definition) is 3. The van der Waals surface area contributed by atoms with Crippen LogP contribution in [0.4, 0.5) is 5.00 Å². The van der Waals surface area contributed by atoms with Crippen LogP contribution in [0.2, 0.25) is 0 Å². The van der Waals surface area contributed by atoms with Crippen molar-refractivity contribution in [3.63, 3.8) is 0 Å². The molecule has 1 heterocycles. The first kappa shape index (κ1) is 14.3. The molecular formula is C15H15NO3S. The summed E-state index contributed by atoms with van der Waals surface area (Å²) in [5.41, 5.74) is 1.78. The summed E-state index contributed by atoms with van der Waals surface area (Å²) in [6.07, 6.45) is 1.05. The topological polar surface area (TPSA) is 66.4 Å². The first-order chi connectivity index (χ1) is 9.56. The monoisotopic (exact) mass is 289 g/mol. The number of carbonyl (C=O) groups excluding carboxylic acids is 1. The van der Waals surface area contributed by atoms with Gasteiger partial charge in [-0.25, -0.2) is 4.79 Å². The van der Waals surface area contributed by atoms with Gasteiger partial charge in [0.25, 0.3) is 0 Å². The standard InChI is InChI=1S/C15H15NO3S/c1-10-9-13(20-14(10)15(18)19)16-12(17)8-7-11-5-3-2-4-6-11/h2-6,9H,7-8H2,1H3,(H,16,17)(H,18,19). The van der Waals surface area contributed by atoms with Gasteiger partial charge in [0.05, 0.1) is 5.00 Å². The highest BCUT2D eigenvalue weighted by Gasteiger charge is 2.13. The lowest BCUT2D eigenvalue weighted by atomic mass is 10.1. The highest BCUT2D eigenvalue weighted by atomic mass is 32.1. The van der Waals surface area contributed by atoms with Crippen LogP contribution in [0.5, 0.6) is 0 Å². The quantitative estimate of drug-likeness (QED) is 0.887. The van der Waals surface area contributed by atoms with Gasteiger partial charge in [-0.2, -0.15) is 0 Å². The van der Waals surface area contributed by atoms with Gasteiger partial charge in [-0.05, 0) is 30.5 Å². The number of rotatable bonds is 5. The number of thiophene rings is 1. The van der Waals surface area contributed by atoms with E-state index in [0.717, 1.165) is 16.9 Å². The van der Waals surface area contributed by atoms with Crippen LogP contribution in [-0.2, 0) is 11.2 Å². The number of carboxylic acids is 1. The predicted molar refractivity (Wildman–Crippen MR) is 79.4 cm³/mol. The van der Waals surface area contributed by atoms with Crippen molar-refractivity contribution in [3.05, 3.63) is 52.4 Å². The molecule has 2 N–H and O–H groups in total. The minimum atomic E-state index is -0.961. The average molecular weight is 289 g/mol. The third-order valence-electron chi connectivity index (χ3n) is 2.86. The molecule has 0 fully saturated rings. The van der Waals surface area contributed by atoms with Gasteiger partial charge in [-0.15, -0.1) is 11.3 Å². The molecule has 5 heteroatoms. The van der Waals surface area contributed by atoms with Crippen molar-refractivity contribution >= 4 is 28.2 Å². The third-order valence-corrected chi connectivity index (χ3v) is 4.00. The average Bonchev–Trinajstić information content (AvgIpc) is 2.78. The number of amides is 1. The van der Waals surface area contributed by atoms with Crippen LogP contribution in [0, 0.1) is 6.92 Å². The van der Waals surface area contributed by atoms with E-state index in [9.17, 15) is 9.59 Å². The van der Waals surface area contributed by atoms with Crippen molar-refractivity contribution in [2.45, 2.75) is 19.8 Å². The Hall–Kier alpha value is -2.14. The molecule has 0 aliphatic carbocycles. The number of carboxylic acid groups (broad SMARTS) is 1. The number of benzene rings is 1. The van der Waals surface area contributed by atoms with Crippen LogP contribution >= 0.6 is 11.3 Å². The maximum atomic E-state index is 11.8. The Morgan fingerprint density at radius 1 is 1.25 bits per heavy atom. The van der Waals surface area contributed by atoms with Gasteiger partial charge in [0.2, 0.25) is 5.91 Å². The third kappa shape index (κ3) is 3.68. The first-order valence-electron chi connectivity index (χ1n) is 6.24. The fraction of sp³-hybridized carbons (Fsp3) is 0.200. The van der Waals surface area contributed by atoms with Gasteiger partial charge in [-0.3, -0.25) is 4.79 Å². The number of carbonyl (C=O) groups is 2. The summed E-state index contributed by atoms with van der Waals surface area (Å²) in [5, 5.41) is 12.3. The fourth-order valence-corrected chi connectivity index (χ4v) is 2.79. The van der Waals surface area contributed by atoms with Gasteiger partial charge in [0, 0.05) is 6.42 Å². The maximum Gasteiger partial charge on any atom is 0.346 e. The zero-order valence-electron chi connectivity index (χ0n) is 11.1. The van der Waals surface area contributed by atoms with Crippen LogP contribution in [0.1, 0.15) is 27.2 Å². The van der Waals surface area contributed by atoms with E-state index in [0.29, 0.717) is 23.4 Å². The Morgan fingerprint density at radius 3 is 2.55 bits per heavy atom. The summed E-state index contributed by atoms with van der Waals surface area (Å²) >= 11 is 1.09. The molecule has 0 saturated carbocycles. The molecule has 1 amide bonds. The van der Waals surface area contributed by atoms with E-state index in [1.807, 2.05) is 30.3 Å². The van der Waals surface area contributed by atoms with E-state index in [2.05, 4.69) is 5.32 Å². The molecule has 0 bridgehead atoms. The van der Waals surface area contributed by atoms with Gasteiger partial charge in [-0.1, -0.05) is 30.3 Å². The molecule has 0 saturated heterocycles. The normalized spacial score (nSPS) is 10.2. The fourth-order valence-electron chi connectivity index (χ4n) is 1.86. The Labute approximate surface area is 121 Å². The van der Waals surface area contributed by atoms with Crippen molar-refractivity contribution in [1.82, 2.24) is 0 Å². The van der Waals surface area contributed by atoms with Gasteiger partial charge in [0.15, 0.2) is 0 Å². The number of hydrogen-bond donors (Lipinski definition) is 2. The summed E-state index contributed by atoms with van der Waals surface area (Å²) in [6.45, 7) is 1.72. The summed E-state index contributed by atoms with van der Waals surface area (Å²) < 4.78 is 0. The van der Waals surface area contributed by atoms with Crippen molar-refractivity contribution in [2.75, 3.05) is 5.32 Å². The smallest absolute Gasteiger partial charge is 0.346 e. The van der Waals surface area contributed by atoms with Crippen molar-refractivity contribution < 1.29 is 14.7 Å². The molecule has 0 aliphatic rings. The molecule has 4 nitrogen and oxygen atoms in total. The second-order valence-electron chi connectivity index (χ2n) is 4.46. The van der Waals surface area contributed by atoms with Crippen molar-refractivity contribution in [2.24, 2.45) is 0 Å². The number of aromatic carboxylic acids is 1. The maximum absolute atomic E-state index is 11.8. The highest BCUT2D eigenvalue weighted by molar-refractivity contribution is 7.18. The number of anilines is 1. The predicted octanol–water partition coefficient (Wildman–Crippen LogP) is 3.33. The molecule has 0 radical (unpaired) electrons. The second-order valence-corrected chi connectivity index (χ2v) is 5.51. The van der Waals surface area contributed by atoms with Crippen LogP contribution in [0.25, 0.3) is 0 Å². The Balaban J connectivity index is 1.92. The Kier molecular flexibility index (Phi) is 4.53. The van der Waals surface area contributed by atoms with Gasteiger partial charge < -0.3 is 10.4 Å². The molecule has 20 heavy (non-hydrogen) atoms. The van der Waals surface area contributed by atoms with Crippen LogP contribution < -0.4 is 5.32 Å². The van der Waals surface area contributed by atoms with E-state index in [4.69, 9.17) is 5.11 Å². The summed E-state index contributed by atoms with van der Waals surface area (Å²) in [7, 11) is 0. The SMILES string of the molecule is Cc1cc(NC(=O)CCc2ccccc2)sc1C(=O)O. The first-order valence-corrected chi connectivity index (χ1v) is 7.05. The molecule has 1 aromatic carbocycles. The summed E-state index contributed by atoms with van der Waals surface area (Å²) in [5.74, 6) is -1.07. The largest absolute Gasteiger partial charge is 0.477 e. The molecule has 0 spiro atoms. The lowest BCUT2D eigenvalue weighted by molar-refractivity contribution is -0.116. The Morgan fingerprint density at radius 2 is 1.95 bits per heavy atom. The van der Waals surface area contributed by atoms with E-state index in [-0.39, 0.29) is 10.8 Å². The van der Waals surface area contributed by atoms with Crippen molar-refractivity contribution in [3.8, 4) is 0 Å². The summed E-state index contributed by atoms with van der Waals surface area (Å²) in [4.78, 5) is 23.0. The lowest BCUT2D eigenvalue weighted by Gasteiger charge is -2.02. The number of aryl methyl sites for hydroxylation is 2. The lowest BCUT2D eigenvalue weighted by Crippen LogP contribution is -2.11. The van der Waals surface area contributed by atoms with E-state index < -0.39 is 5.97 Å².